The molecule has 1 fully saturated rings. The Balaban J connectivity index is 1.64. The lowest BCUT2D eigenvalue weighted by Gasteiger charge is -2.22. The first-order chi connectivity index (χ1) is 10.7. The van der Waals surface area contributed by atoms with Gasteiger partial charge in [-0.15, -0.1) is 10.2 Å². The van der Waals surface area contributed by atoms with E-state index in [9.17, 15) is 0 Å². The molecule has 0 unspecified atom stereocenters. The van der Waals surface area contributed by atoms with Crippen LogP contribution in [0.25, 0.3) is 0 Å². The van der Waals surface area contributed by atoms with Crippen LogP contribution in [-0.4, -0.2) is 66.0 Å². The van der Waals surface area contributed by atoms with Gasteiger partial charge in [0, 0.05) is 46.8 Å². The van der Waals surface area contributed by atoms with Gasteiger partial charge in [-0.2, -0.15) is 0 Å². The minimum atomic E-state index is 0.749. The molecule has 7 nitrogen and oxygen atoms in total. The Morgan fingerprint density at radius 2 is 2.36 bits per heavy atom. The van der Waals surface area contributed by atoms with Crippen molar-refractivity contribution in [1.29, 1.82) is 0 Å². The molecular formula is C15H28N6O. The van der Waals surface area contributed by atoms with Crippen molar-refractivity contribution in [3.8, 4) is 0 Å². The Morgan fingerprint density at radius 1 is 1.55 bits per heavy atom. The Morgan fingerprint density at radius 3 is 3.05 bits per heavy atom. The van der Waals surface area contributed by atoms with Crippen LogP contribution in [-0.2, 0) is 17.7 Å². The van der Waals surface area contributed by atoms with Gasteiger partial charge in [0.2, 0.25) is 0 Å². The van der Waals surface area contributed by atoms with Crippen molar-refractivity contribution < 1.29 is 4.74 Å². The van der Waals surface area contributed by atoms with Crippen molar-refractivity contribution in [2.75, 3.05) is 40.4 Å². The minimum Gasteiger partial charge on any atom is -0.379 e. The van der Waals surface area contributed by atoms with E-state index in [1.54, 1.807) is 13.4 Å². The molecule has 124 valence electrons. The first kappa shape index (κ1) is 16.7. The predicted molar refractivity (Wildman–Crippen MR) is 86.9 cm³/mol. The molecule has 0 aromatic carbocycles. The Kier molecular flexibility index (Phi) is 6.64. The van der Waals surface area contributed by atoms with Crippen molar-refractivity contribution in [2.45, 2.75) is 32.7 Å². The zero-order chi connectivity index (χ0) is 15.8. The Bertz CT molecular complexity index is 468. The van der Waals surface area contributed by atoms with Crippen LogP contribution in [0, 0.1) is 5.92 Å². The zero-order valence-corrected chi connectivity index (χ0v) is 14.0. The summed E-state index contributed by atoms with van der Waals surface area (Å²) in [5.74, 6) is 2.72. The normalized spacial score (nSPS) is 15.1. The summed E-state index contributed by atoms with van der Waals surface area (Å²) in [7, 11) is 3.84. The van der Waals surface area contributed by atoms with Gasteiger partial charge < -0.3 is 19.5 Å². The molecule has 0 amide bonds. The summed E-state index contributed by atoms with van der Waals surface area (Å²) >= 11 is 0. The Hall–Kier alpha value is -1.63. The van der Waals surface area contributed by atoms with Gasteiger partial charge in [0.05, 0.1) is 6.61 Å². The highest BCUT2D eigenvalue weighted by Gasteiger charge is 2.21. The molecule has 1 aliphatic carbocycles. The van der Waals surface area contributed by atoms with Crippen LogP contribution in [0.1, 0.15) is 25.6 Å². The van der Waals surface area contributed by atoms with E-state index in [1.807, 2.05) is 7.05 Å². The van der Waals surface area contributed by atoms with Crippen LogP contribution in [0.4, 0.5) is 0 Å². The lowest BCUT2D eigenvalue weighted by molar-refractivity contribution is 0.115. The topological polar surface area (TPSA) is 67.6 Å². The fourth-order valence-electron chi connectivity index (χ4n) is 2.25. The van der Waals surface area contributed by atoms with Crippen molar-refractivity contribution in [3.63, 3.8) is 0 Å². The van der Waals surface area contributed by atoms with Gasteiger partial charge in [-0.05, 0) is 18.8 Å². The first-order valence-corrected chi connectivity index (χ1v) is 8.10. The number of hydrogen-bond acceptors (Lipinski definition) is 4. The number of likely N-dealkylation sites (N-methyl/N-ethyl adjacent to an activating group) is 1. The SMILES string of the molecule is CCc1nncn1CCNC(=NC)N(C)CCOCC1CC1. The lowest BCUT2D eigenvalue weighted by Crippen LogP contribution is -2.41. The quantitative estimate of drug-likeness (QED) is 0.415. The van der Waals surface area contributed by atoms with E-state index < -0.39 is 0 Å². The van der Waals surface area contributed by atoms with Gasteiger partial charge in [0.1, 0.15) is 12.2 Å². The number of nitrogens with one attached hydrogen (secondary N) is 1. The maximum absolute atomic E-state index is 5.67. The first-order valence-electron chi connectivity index (χ1n) is 8.10. The maximum Gasteiger partial charge on any atom is 0.193 e. The second-order valence-electron chi connectivity index (χ2n) is 5.71. The number of guanidine groups is 1. The summed E-state index contributed by atoms with van der Waals surface area (Å²) in [6.07, 6.45) is 5.34. The largest absolute Gasteiger partial charge is 0.379 e. The van der Waals surface area contributed by atoms with Gasteiger partial charge in [-0.1, -0.05) is 6.92 Å². The number of rotatable bonds is 9. The molecule has 1 aromatic rings. The fourth-order valence-corrected chi connectivity index (χ4v) is 2.25. The fraction of sp³-hybridized carbons (Fsp3) is 0.800. The molecular weight excluding hydrogens is 280 g/mol. The van der Waals surface area contributed by atoms with E-state index in [4.69, 9.17) is 4.74 Å². The van der Waals surface area contributed by atoms with E-state index in [1.165, 1.54) is 12.8 Å². The third-order valence-corrected chi connectivity index (χ3v) is 3.84. The molecule has 7 heteroatoms. The summed E-state index contributed by atoms with van der Waals surface area (Å²) in [6.45, 7) is 6.22. The number of aliphatic imine (C=N–C) groups is 1. The molecule has 1 heterocycles. The zero-order valence-electron chi connectivity index (χ0n) is 14.0. The number of ether oxygens (including phenoxy) is 1. The standard InChI is InChI=1S/C15H28N6O/c1-4-14-19-18-12-21(14)8-7-17-15(16-2)20(3)9-10-22-11-13-5-6-13/h12-13H,4-11H2,1-3H3,(H,16,17). The molecule has 1 aromatic heterocycles. The van der Waals surface area contributed by atoms with Gasteiger partial charge in [0.25, 0.3) is 0 Å². The smallest absolute Gasteiger partial charge is 0.193 e. The molecule has 0 radical (unpaired) electrons. The second kappa shape index (κ2) is 8.73. The van der Waals surface area contributed by atoms with E-state index >= 15 is 0 Å². The van der Waals surface area contributed by atoms with Crippen LogP contribution in [0.2, 0.25) is 0 Å². The molecule has 0 bridgehead atoms. The van der Waals surface area contributed by atoms with E-state index in [2.05, 4.69) is 36.9 Å². The molecule has 0 saturated heterocycles. The second-order valence-corrected chi connectivity index (χ2v) is 5.71. The minimum absolute atomic E-state index is 0.749. The Labute approximate surface area is 132 Å². The molecule has 1 N–H and O–H groups in total. The van der Waals surface area contributed by atoms with Gasteiger partial charge >= 0.3 is 0 Å². The highest BCUT2D eigenvalue weighted by Crippen LogP contribution is 2.28. The molecule has 2 rings (SSSR count). The lowest BCUT2D eigenvalue weighted by atomic mass is 10.4. The van der Waals surface area contributed by atoms with Crippen molar-refractivity contribution in [1.82, 2.24) is 25.0 Å². The van der Waals surface area contributed by atoms with Gasteiger partial charge in [-0.25, -0.2) is 0 Å². The third kappa shape index (κ3) is 5.29. The number of nitrogens with zero attached hydrogens (tertiary/aromatic N) is 5. The number of aryl methyl sites for hydroxylation is 1. The van der Waals surface area contributed by atoms with Gasteiger partial charge in [0.15, 0.2) is 5.96 Å². The van der Waals surface area contributed by atoms with Crippen molar-refractivity contribution in [3.05, 3.63) is 12.2 Å². The van der Waals surface area contributed by atoms with Crippen molar-refractivity contribution in [2.24, 2.45) is 10.9 Å². The third-order valence-electron chi connectivity index (χ3n) is 3.84. The van der Waals surface area contributed by atoms with Crippen LogP contribution < -0.4 is 5.32 Å². The molecule has 0 spiro atoms. The summed E-state index contributed by atoms with van der Waals surface area (Å²) in [5, 5.41) is 11.4. The monoisotopic (exact) mass is 308 g/mol. The molecule has 0 aliphatic heterocycles. The van der Waals surface area contributed by atoms with Crippen LogP contribution >= 0.6 is 0 Å². The molecule has 22 heavy (non-hydrogen) atoms. The predicted octanol–water partition coefficient (Wildman–Crippen LogP) is 0.774. The molecule has 1 aliphatic rings. The summed E-state index contributed by atoms with van der Waals surface area (Å²) in [4.78, 5) is 6.41. The van der Waals surface area contributed by atoms with Crippen molar-refractivity contribution >= 4 is 5.96 Å². The maximum atomic E-state index is 5.67. The summed E-state index contributed by atoms with van der Waals surface area (Å²) < 4.78 is 7.74. The van der Waals surface area contributed by atoms with E-state index in [0.717, 1.165) is 57.0 Å². The van der Waals surface area contributed by atoms with E-state index in [-0.39, 0.29) is 0 Å². The van der Waals surface area contributed by atoms with E-state index in [0.29, 0.717) is 0 Å². The molecule has 1 saturated carbocycles. The highest BCUT2D eigenvalue weighted by molar-refractivity contribution is 5.79. The van der Waals surface area contributed by atoms with Crippen LogP contribution in [0.3, 0.4) is 0 Å². The number of hydrogen-bond donors (Lipinski definition) is 1. The summed E-state index contributed by atoms with van der Waals surface area (Å²) in [5.41, 5.74) is 0. The van der Waals surface area contributed by atoms with Crippen LogP contribution in [0.5, 0.6) is 0 Å². The summed E-state index contributed by atoms with van der Waals surface area (Å²) in [6, 6.07) is 0. The van der Waals surface area contributed by atoms with Crippen LogP contribution in [0.15, 0.2) is 11.3 Å². The average molecular weight is 308 g/mol. The number of aromatic nitrogens is 3. The molecule has 0 atom stereocenters. The van der Waals surface area contributed by atoms with Gasteiger partial charge in [-0.3, -0.25) is 4.99 Å². The highest BCUT2D eigenvalue weighted by atomic mass is 16.5. The average Bonchev–Trinajstić information content (AvgIpc) is 3.24.